The van der Waals surface area contributed by atoms with Crippen LogP contribution in [-0.4, -0.2) is 53.6 Å². The number of nitrogens with one attached hydrogen (secondary N) is 3. The van der Waals surface area contributed by atoms with Crippen LogP contribution in [0.3, 0.4) is 0 Å². The number of carbonyl (C=O) groups is 5. The van der Waals surface area contributed by atoms with Gasteiger partial charge in [-0.2, -0.15) is 0 Å². The molecule has 2 heterocycles. The molecule has 3 rings (SSSR count). The van der Waals surface area contributed by atoms with E-state index in [2.05, 4.69) is 16.0 Å². The number of fused-ring (bicyclic) bond motifs is 1. The van der Waals surface area contributed by atoms with Gasteiger partial charge in [0.1, 0.15) is 6.04 Å². The lowest BCUT2D eigenvalue weighted by Crippen LogP contribution is -2.54. The highest BCUT2D eigenvalue weighted by Gasteiger charge is 2.45. The van der Waals surface area contributed by atoms with Crippen molar-refractivity contribution in [3.05, 3.63) is 29.3 Å². The van der Waals surface area contributed by atoms with Crippen molar-refractivity contribution in [3.8, 4) is 0 Å². The first-order valence-electron chi connectivity index (χ1n) is 11.2. The van der Waals surface area contributed by atoms with E-state index in [-0.39, 0.29) is 24.3 Å². The zero-order valence-corrected chi connectivity index (χ0v) is 18.4. The molecule has 1 unspecified atom stereocenters. The van der Waals surface area contributed by atoms with Gasteiger partial charge in [0.2, 0.25) is 17.7 Å². The Hall–Kier alpha value is -3.23. The van der Waals surface area contributed by atoms with Crippen LogP contribution in [0.2, 0.25) is 0 Å². The SMILES string of the molecule is CC(=O)NCCCCCCCCNc1cccc2c1C(=O)N(C1CCC(=O)NC1=O)C2=O. The molecule has 0 aromatic heterocycles. The minimum atomic E-state index is -0.960. The van der Waals surface area contributed by atoms with Gasteiger partial charge in [0.05, 0.1) is 11.1 Å². The summed E-state index contributed by atoms with van der Waals surface area (Å²) in [6, 6.07) is 4.11. The van der Waals surface area contributed by atoms with Crippen LogP contribution in [0.15, 0.2) is 18.2 Å². The number of unbranched alkanes of at least 4 members (excludes halogenated alkanes) is 5. The molecule has 0 aliphatic carbocycles. The summed E-state index contributed by atoms with van der Waals surface area (Å²) in [5.41, 5.74) is 1.16. The number of imide groups is 2. The predicted molar refractivity (Wildman–Crippen MR) is 118 cm³/mol. The molecule has 9 nitrogen and oxygen atoms in total. The Kier molecular flexibility index (Phi) is 7.97. The number of benzene rings is 1. The Morgan fingerprint density at radius 2 is 1.69 bits per heavy atom. The Balaban J connectivity index is 1.48. The number of hydrogen-bond donors (Lipinski definition) is 3. The zero-order chi connectivity index (χ0) is 23.1. The Labute approximate surface area is 187 Å². The number of carbonyl (C=O) groups excluding carboxylic acids is 5. The highest BCUT2D eigenvalue weighted by molar-refractivity contribution is 6.25. The van der Waals surface area contributed by atoms with Crippen LogP contribution < -0.4 is 16.0 Å². The third-order valence-corrected chi connectivity index (χ3v) is 5.76. The van der Waals surface area contributed by atoms with Crippen LogP contribution in [0, 0.1) is 0 Å². The second-order valence-electron chi connectivity index (χ2n) is 8.21. The topological polar surface area (TPSA) is 125 Å². The standard InChI is InChI=1S/C23H30N4O5/c1-15(28)24-13-6-4-2-3-5-7-14-25-17-10-8-9-16-20(17)23(32)27(22(16)31)18-11-12-19(29)26-21(18)30/h8-10,18,25H,2-7,11-14H2,1H3,(H,24,28)(H,26,29,30). The number of nitrogens with zero attached hydrogens (tertiary/aromatic N) is 1. The van der Waals surface area contributed by atoms with Gasteiger partial charge in [0, 0.05) is 32.1 Å². The molecule has 2 aliphatic heterocycles. The average Bonchev–Trinajstić information content (AvgIpc) is 3.00. The van der Waals surface area contributed by atoms with E-state index in [0.29, 0.717) is 17.8 Å². The molecule has 3 N–H and O–H groups in total. The molecule has 1 fully saturated rings. The fourth-order valence-corrected chi connectivity index (χ4v) is 4.11. The Morgan fingerprint density at radius 1 is 1.00 bits per heavy atom. The van der Waals surface area contributed by atoms with E-state index >= 15 is 0 Å². The predicted octanol–water partition coefficient (Wildman–Crippen LogP) is 1.98. The van der Waals surface area contributed by atoms with Crippen molar-refractivity contribution in [2.24, 2.45) is 0 Å². The van der Waals surface area contributed by atoms with Crippen molar-refractivity contribution in [3.63, 3.8) is 0 Å². The summed E-state index contributed by atoms with van der Waals surface area (Å²) < 4.78 is 0. The van der Waals surface area contributed by atoms with Gasteiger partial charge in [-0.25, -0.2) is 0 Å². The van der Waals surface area contributed by atoms with Gasteiger partial charge in [-0.05, 0) is 31.4 Å². The van der Waals surface area contributed by atoms with Crippen LogP contribution in [0.5, 0.6) is 0 Å². The van der Waals surface area contributed by atoms with Crippen LogP contribution in [0.4, 0.5) is 5.69 Å². The molecule has 172 valence electrons. The molecule has 32 heavy (non-hydrogen) atoms. The minimum absolute atomic E-state index is 0.00359. The first-order valence-corrected chi connectivity index (χ1v) is 11.2. The second kappa shape index (κ2) is 10.9. The summed E-state index contributed by atoms with van der Waals surface area (Å²) in [5.74, 6) is -1.99. The summed E-state index contributed by atoms with van der Waals surface area (Å²) in [4.78, 5) is 61.3. The van der Waals surface area contributed by atoms with Gasteiger partial charge in [-0.15, -0.1) is 0 Å². The van der Waals surface area contributed by atoms with E-state index in [1.54, 1.807) is 18.2 Å². The molecular formula is C23H30N4O5. The lowest BCUT2D eigenvalue weighted by molar-refractivity contribution is -0.136. The van der Waals surface area contributed by atoms with Crippen molar-refractivity contribution in [2.75, 3.05) is 18.4 Å². The molecule has 0 spiro atoms. The lowest BCUT2D eigenvalue weighted by atomic mass is 10.0. The van der Waals surface area contributed by atoms with Crippen molar-refractivity contribution in [1.82, 2.24) is 15.5 Å². The molecule has 1 atom stereocenters. The van der Waals surface area contributed by atoms with E-state index in [0.717, 1.165) is 50.0 Å². The Bertz CT molecular complexity index is 914. The monoisotopic (exact) mass is 442 g/mol. The summed E-state index contributed by atoms with van der Waals surface area (Å²) >= 11 is 0. The van der Waals surface area contributed by atoms with Gasteiger partial charge < -0.3 is 10.6 Å². The first-order chi connectivity index (χ1) is 15.4. The minimum Gasteiger partial charge on any atom is -0.384 e. The van der Waals surface area contributed by atoms with E-state index in [1.165, 1.54) is 6.92 Å². The average molecular weight is 443 g/mol. The van der Waals surface area contributed by atoms with E-state index in [1.807, 2.05) is 0 Å². The molecule has 9 heteroatoms. The molecule has 0 radical (unpaired) electrons. The third-order valence-electron chi connectivity index (χ3n) is 5.76. The maximum absolute atomic E-state index is 13.0. The quantitative estimate of drug-likeness (QED) is 0.356. The van der Waals surface area contributed by atoms with E-state index in [9.17, 15) is 24.0 Å². The van der Waals surface area contributed by atoms with Crippen molar-refractivity contribution < 1.29 is 24.0 Å². The largest absolute Gasteiger partial charge is 0.384 e. The van der Waals surface area contributed by atoms with Gasteiger partial charge in [-0.1, -0.05) is 31.7 Å². The fraction of sp³-hybridized carbons (Fsp3) is 0.522. The van der Waals surface area contributed by atoms with Gasteiger partial charge in [0.15, 0.2) is 0 Å². The van der Waals surface area contributed by atoms with Crippen molar-refractivity contribution in [2.45, 2.75) is 64.3 Å². The van der Waals surface area contributed by atoms with Crippen molar-refractivity contribution >= 4 is 35.2 Å². The molecule has 0 bridgehead atoms. The molecular weight excluding hydrogens is 412 g/mol. The molecule has 1 aromatic rings. The van der Waals surface area contributed by atoms with Crippen LogP contribution in [-0.2, 0) is 14.4 Å². The zero-order valence-electron chi connectivity index (χ0n) is 18.4. The molecule has 5 amide bonds. The number of hydrogen-bond acceptors (Lipinski definition) is 6. The normalized spacial score (nSPS) is 17.9. The number of anilines is 1. The molecule has 1 saturated heterocycles. The maximum Gasteiger partial charge on any atom is 0.264 e. The van der Waals surface area contributed by atoms with Crippen LogP contribution in [0.1, 0.15) is 79.0 Å². The van der Waals surface area contributed by atoms with Crippen LogP contribution in [0.25, 0.3) is 0 Å². The summed E-state index contributed by atoms with van der Waals surface area (Å²) in [6.45, 7) is 2.91. The number of rotatable bonds is 11. The smallest absolute Gasteiger partial charge is 0.264 e. The summed E-state index contributed by atoms with van der Waals surface area (Å²) in [7, 11) is 0. The van der Waals surface area contributed by atoms with E-state index < -0.39 is 29.7 Å². The molecule has 0 saturated carbocycles. The Morgan fingerprint density at radius 3 is 2.38 bits per heavy atom. The maximum atomic E-state index is 13.0. The summed E-state index contributed by atoms with van der Waals surface area (Å²) in [6.07, 6.45) is 6.46. The highest BCUT2D eigenvalue weighted by Crippen LogP contribution is 2.32. The lowest BCUT2D eigenvalue weighted by Gasteiger charge is -2.27. The molecule has 1 aromatic carbocycles. The van der Waals surface area contributed by atoms with E-state index in [4.69, 9.17) is 0 Å². The van der Waals surface area contributed by atoms with Crippen molar-refractivity contribution in [1.29, 1.82) is 0 Å². The van der Waals surface area contributed by atoms with Gasteiger partial charge in [0.25, 0.3) is 11.8 Å². The summed E-state index contributed by atoms with van der Waals surface area (Å²) in [5, 5.41) is 8.25. The third kappa shape index (κ3) is 5.52. The second-order valence-corrected chi connectivity index (χ2v) is 8.21. The molecule has 2 aliphatic rings. The number of amides is 5. The van der Waals surface area contributed by atoms with Gasteiger partial charge in [-0.3, -0.25) is 34.2 Å². The highest BCUT2D eigenvalue weighted by atomic mass is 16.2. The fourth-order valence-electron chi connectivity index (χ4n) is 4.11. The first kappa shape index (κ1) is 23.4. The van der Waals surface area contributed by atoms with Gasteiger partial charge >= 0.3 is 0 Å². The van der Waals surface area contributed by atoms with Crippen LogP contribution >= 0.6 is 0 Å². The number of piperidine rings is 1.